The highest BCUT2D eigenvalue weighted by Gasteiger charge is 2.05. The molecule has 0 heterocycles. The van der Waals surface area contributed by atoms with Crippen LogP contribution in [0.1, 0.15) is 5.56 Å². The van der Waals surface area contributed by atoms with Gasteiger partial charge < -0.3 is 5.11 Å². The van der Waals surface area contributed by atoms with E-state index in [-0.39, 0.29) is 17.3 Å². The lowest BCUT2D eigenvalue weighted by Gasteiger charge is -2.03. The number of hydrogen-bond acceptors (Lipinski definition) is 2. The smallest absolute Gasteiger partial charge is 0.148 e. The predicted molar refractivity (Wildman–Crippen MR) is 87.2 cm³/mol. The van der Waals surface area contributed by atoms with Gasteiger partial charge in [0.25, 0.3) is 0 Å². The van der Waals surface area contributed by atoms with Gasteiger partial charge in [0, 0.05) is 15.3 Å². The Hall–Kier alpha value is -0.700. The van der Waals surface area contributed by atoms with Gasteiger partial charge in [-0.1, -0.05) is 12.1 Å². The molecule has 2 aromatic rings. The number of aromatic hydroxyl groups is 1. The summed E-state index contributed by atoms with van der Waals surface area (Å²) in [7, 11) is 0. The second-order valence-corrected chi connectivity index (χ2v) is 5.94. The molecular weight excluding hydrogens is 459 g/mol. The van der Waals surface area contributed by atoms with Crippen molar-refractivity contribution >= 4 is 57.1 Å². The van der Waals surface area contributed by atoms with E-state index in [4.69, 9.17) is 0 Å². The van der Waals surface area contributed by atoms with E-state index in [1.807, 2.05) is 28.7 Å². The summed E-state index contributed by atoms with van der Waals surface area (Å²) >= 11 is 4.20. The molecule has 18 heavy (non-hydrogen) atoms. The Kier molecular flexibility index (Phi) is 4.55. The molecule has 2 aromatic carbocycles. The highest BCUT2D eigenvalue weighted by atomic mass is 127. The maximum atomic E-state index is 13.4. The minimum Gasteiger partial charge on any atom is -0.506 e. The highest BCUT2D eigenvalue weighted by molar-refractivity contribution is 14.1. The zero-order chi connectivity index (χ0) is 13.1. The first kappa shape index (κ1) is 13.7. The number of halogens is 3. The summed E-state index contributed by atoms with van der Waals surface area (Å²) in [4.78, 5) is 4.05. The van der Waals surface area contributed by atoms with E-state index in [0.717, 1.165) is 7.14 Å². The second kappa shape index (κ2) is 5.96. The van der Waals surface area contributed by atoms with Crippen LogP contribution in [0.4, 0.5) is 10.1 Å². The van der Waals surface area contributed by atoms with Gasteiger partial charge in [0.05, 0.1) is 9.26 Å². The SMILES string of the molecule is Oc1c(I)cc(I)cc1C=Nc1ccccc1F. The summed E-state index contributed by atoms with van der Waals surface area (Å²) < 4.78 is 15.1. The van der Waals surface area contributed by atoms with Crippen LogP contribution >= 0.6 is 45.2 Å². The van der Waals surface area contributed by atoms with Crippen LogP contribution in [0.15, 0.2) is 41.4 Å². The van der Waals surface area contributed by atoms with Gasteiger partial charge in [-0.25, -0.2) is 4.39 Å². The molecule has 1 N–H and O–H groups in total. The summed E-state index contributed by atoms with van der Waals surface area (Å²) in [6, 6.07) is 9.92. The summed E-state index contributed by atoms with van der Waals surface area (Å²) in [5, 5.41) is 9.87. The number of aliphatic imine (C=N–C) groups is 1. The van der Waals surface area contributed by atoms with E-state index in [1.54, 1.807) is 24.3 Å². The molecule has 0 aliphatic heterocycles. The van der Waals surface area contributed by atoms with E-state index in [1.165, 1.54) is 12.3 Å². The number of phenolic OH excluding ortho intramolecular Hbond substituents is 1. The third-order valence-corrected chi connectivity index (χ3v) is 3.70. The van der Waals surface area contributed by atoms with Gasteiger partial charge in [-0.05, 0) is 69.4 Å². The van der Waals surface area contributed by atoms with Crippen molar-refractivity contribution in [1.29, 1.82) is 0 Å². The largest absolute Gasteiger partial charge is 0.506 e. The topological polar surface area (TPSA) is 32.6 Å². The van der Waals surface area contributed by atoms with E-state index in [9.17, 15) is 9.50 Å². The summed E-state index contributed by atoms with van der Waals surface area (Å²) in [5.41, 5.74) is 0.834. The van der Waals surface area contributed by atoms with Crippen molar-refractivity contribution in [2.24, 2.45) is 4.99 Å². The van der Waals surface area contributed by atoms with Crippen LogP contribution < -0.4 is 0 Å². The van der Waals surface area contributed by atoms with Crippen molar-refractivity contribution in [3.05, 3.63) is 54.9 Å². The Morgan fingerprint density at radius 1 is 1.17 bits per heavy atom. The Morgan fingerprint density at radius 3 is 2.61 bits per heavy atom. The second-order valence-electron chi connectivity index (χ2n) is 3.54. The molecule has 0 radical (unpaired) electrons. The van der Waals surface area contributed by atoms with Crippen molar-refractivity contribution in [1.82, 2.24) is 0 Å². The van der Waals surface area contributed by atoms with Gasteiger partial charge in [-0.2, -0.15) is 0 Å². The molecule has 0 saturated carbocycles. The Bertz CT molecular complexity index is 614. The van der Waals surface area contributed by atoms with Gasteiger partial charge in [-0.15, -0.1) is 0 Å². The monoisotopic (exact) mass is 467 g/mol. The first-order chi connectivity index (χ1) is 8.58. The third-order valence-electron chi connectivity index (χ3n) is 2.25. The molecule has 2 rings (SSSR count). The number of hydrogen-bond donors (Lipinski definition) is 1. The summed E-state index contributed by atoms with van der Waals surface area (Å²) in [6.45, 7) is 0. The van der Waals surface area contributed by atoms with Gasteiger partial charge in [0.15, 0.2) is 0 Å². The highest BCUT2D eigenvalue weighted by Crippen LogP contribution is 2.26. The number of phenols is 1. The quantitative estimate of drug-likeness (QED) is 0.513. The standard InChI is InChI=1S/C13H8FI2NO/c14-10-3-1-2-4-12(10)17-7-8-5-9(15)6-11(16)13(8)18/h1-7,18H. The minimum atomic E-state index is -0.381. The van der Waals surface area contributed by atoms with Gasteiger partial charge in [0.1, 0.15) is 11.6 Å². The summed E-state index contributed by atoms with van der Waals surface area (Å²) in [5.74, 6) is -0.218. The van der Waals surface area contributed by atoms with E-state index in [0.29, 0.717) is 5.56 Å². The molecule has 0 aromatic heterocycles. The molecule has 2 nitrogen and oxygen atoms in total. The molecule has 0 atom stereocenters. The van der Waals surface area contributed by atoms with Crippen LogP contribution in [0, 0.1) is 13.0 Å². The zero-order valence-electron chi connectivity index (χ0n) is 9.07. The number of nitrogens with zero attached hydrogens (tertiary/aromatic N) is 1. The van der Waals surface area contributed by atoms with Crippen molar-refractivity contribution < 1.29 is 9.50 Å². The van der Waals surface area contributed by atoms with E-state index < -0.39 is 0 Å². The van der Waals surface area contributed by atoms with E-state index >= 15 is 0 Å². The van der Waals surface area contributed by atoms with Crippen LogP contribution in [0.3, 0.4) is 0 Å². The third kappa shape index (κ3) is 3.19. The molecular formula is C13H8FI2NO. The molecule has 0 unspecified atom stereocenters. The van der Waals surface area contributed by atoms with Crippen LogP contribution in [-0.4, -0.2) is 11.3 Å². The Labute approximate surface area is 131 Å². The number of para-hydroxylation sites is 1. The fraction of sp³-hybridized carbons (Fsp3) is 0. The van der Waals surface area contributed by atoms with Crippen molar-refractivity contribution in [3.8, 4) is 5.75 Å². The molecule has 0 amide bonds. The molecule has 0 aliphatic carbocycles. The maximum Gasteiger partial charge on any atom is 0.148 e. The zero-order valence-corrected chi connectivity index (χ0v) is 13.4. The molecule has 0 bridgehead atoms. The maximum absolute atomic E-state index is 13.4. The lowest BCUT2D eigenvalue weighted by atomic mass is 10.2. The van der Waals surface area contributed by atoms with Crippen LogP contribution in [0.25, 0.3) is 0 Å². The number of rotatable bonds is 2. The van der Waals surface area contributed by atoms with Gasteiger partial charge in [0.2, 0.25) is 0 Å². The molecule has 0 spiro atoms. The van der Waals surface area contributed by atoms with Crippen molar-refractivity contribution in [2.45, 2.75) is 0 Å². The molecule has 5 heteroatoms. The minimum absolute atomic E-state index is 0.163. The van der Waals surface area contributed by atoms with E-state index in [2.05, 4.69) is 27.6 Å². The van der Waals surface area contributed by atoms with Crippen LogP contribution in [0.5, 0.6) is 5.75 Å². The van der Waals surface area contributed by atoms with Gasteiger partial charge >= 0.3 is 0 Å². The van der Waals surface area contributed by atoms with Crippen molar-refractivity contribution in [2.75, 3.05) is 0 Å². The fourth-order valence-corrected chi connectivity index (χ4v) is 3.27. The first-order valence-corrected chi connectivity index (χ1v) is 7.20. The normalized spacial score (nSPS) is 11.1. The number of benzene rings is 2. The molecule has 0 aliphatic rings. The lowest BCUT2D eigenvalue weighted by molar-refractivity contribution is 0.470. The predicted octanol–water partition coefficient (Wildman–Crippen LogP) is 4.49. The molecule has 0 fully saturated rings. The molecule has 92 valence electrons. The molecule has 0 saturated heterocycles. The van der Waals surface area contributed by atoms with Gasteiger partial charge in [-0.3, -0.25) is 4.99 Å². The lowest BCUT2D eigenvalue weighted by Crippen LogP contribution is -1.88. The Morgan fingerprint density at radius 2 is 1.89 bits per heavy atom. The van der Waals surface area contributed by atoms with Crippen LogP contribution in [-0.2, 0) is 0 Å². The summed E-state index contributed by atoms with van der Waals surface area (Å²) in [6.07, 6.45) is 1.47. The average Bonchev–Trinajstić information content (AvgIpc) is 2.33. The van der Waals surface area contributed by atoms with Crippen LogP contribution in [0.2, 0.25) is 0 Å². The average molecular weight is 467 g/mol. The Balaban J connectivity index is 2.38. The van der Waals surface area contributed by atoms with Crippen molar-refractivity contribution in [3.63, 3.8) is 0 Å². The fourth-order valence-electron chi connectivity index (χ4n) is 1.38. The first-order valence-electron chi connectivity index (χ1n) is 5.04.